The predicted octanol–water partition coefficient (Wildman–Crippen LogP) is 3.62. The highest BCUT2D eigenvalue weighted by Gasteiger charge is 2.19. The molecule has 5 rings (SSSR count). The molecule has 0 radical (unpaired) electrons. The molecule has 1 aliphatic heterocycles. The minimum absolute atomic E-state index is 0.143. The first-order valence-electron chi connectivity index (χ1n) is 12.5. The lowest BCUT2D eigenvalue weighted by atomic mass is 10.2. The first kappa shape index (κ1) is 26.7. The van der Waals surface area contributed by atoms with Gasteiger partial charge in [-0.3, -0.25) is 9.69 Å². The van der Waals surface area contributed by atoms with Crippen molar-refractivity contribution in [2.24, 2.45) is 0 Å². The molecular formula is C26H29ClN10OS. The molecule has 0 aliphatic carbocycles. The number of piperazine rings is 1. The number of halogens is 1. The summed E-state index contributed by atoms with van der Waals surface area (Å²) >= 11 is 7.86. The van der Waals surface area contributed by atoms with E-state index in [1.165, 1.54) is 17.4 Å². The van der Waals surface area contributed by atoms with Crippen LogP contribution in [0.3, 0.4) is 0 Å². The van der Waals surface area contributed by atoms with E-state index in [0.717, 1.165) is 54.7 Å². The van der Waals surface area contributed by atoms with E-state index in [9.17, 15) is 4.79 Å². The summed E-state index contributed by atoms with van der Waals surface area (Å²) in [6, 6.07) is 7.69. The standard InChI is InChI=1S/C26H29ClN10OS/c1-4-24(38)28-8-9-35-10-12-36(13-11-35)23-14-22(30-18(3)31-23)32-26-29-15-21(39-26)20-16-37(34-33-20)25-17(2)6-5-7-19(25)27/h4-7,14-16H,1,8-13H2,2-3H3,(H,28,38)(H,29,30,31,32). The molecule has 4 aromatic rings. The summed E-state index contributed by atoms with van der Waals surface area (Å²) in [6.45, 7) is 12.2. The van der Waals surface area contributed by atoms with Gasteiger partial charge in [-0.25, -0.2) is 19.6 Å². The number of benzene rings is 1. The number of thiazole rings is 1. The zero-order chi connectivity index (χ0) is 27.4. The number of aromatic nitrogens is 6. The number of hydrogen-bond acceptors (Lipinski definition) is 10. The van der Waals surface area contributed by atoms with Gasteiger partial charge in [-0.1, -0.05) is 46.9 Å². The van der Waals surface area contributed by atoms with E-state index < -0.39 is 0 Å². The van der Waals surface area contributed by atoms with Crippen molar-refractivity contribution < 1.29 is 4.79 Å². The maximum Gasteiger partial charge on any atom is 0.243 e. The summed E-state index contributed by atoms with van der Waals surface area (Å²) in [5.74, 6) is 2.10. The van der Waals surface area contributed by atoms with Crippen molar-refractivity contribution in [2.75, 3.05) is 49.5 Å². The van der Waals surface area contributed by atoms with Gasteiger partial charge in [0, 0.05) is 51.5 Å². The molecule has 0 atom stereocenters. The number of amides is 1. The summed E-state index contributed by atoms with van der Waals surface area (Å²) in [6.07, 6.45) is 4.92. The van der Waals surface area contributed by atoms with Crippen molar-refractivity contribution in [1.82, 2.24) is 40.2 Å². The van der Waals surface area contributed by atoms with Gasteiger partial charge in [-0.15, -0.1) is 5.10 Å². The van der Waals surface area contributed by atoms with Crippen molar-refractivity contribution in [1.29, 1.82) is 0 Å². The second kappa shape index (κ2) is 11.9. The van der Waals surface area contributed by atoms with Crippen LogP contribution in [0.4, 0.5) is 16.8 Å². The molecule has 39 heavy (non-hydrogen) atoms. The van der Waals surface area contributed by atoms with Crippen LogP contribution in [-0.2, 0) is 4.79 Å². The zero-order valence-electron chi connectivity index (χ0n) is 21.8. The van der Waals surface area contributed by atoms with Gasteiger partial charge >= 0.3 is 0 Å². The topological polar surface area (TPSA) is 117 Å². The molecule has 13 heteroatoms. The normalized spacial score (nSPS) is 13.9. The van der Waals surface area contributed by atoms with Crippen LogP contribution in [0.25, 0.3) is 16.3 Å². The lowest BCUT2D eigenvalue weighted by Crippen LogP contribution is -2.48. The fourth-order valence-electron chi connectivity index (χ4n) is 4.35. The predicted molar refractivity (Wildman–Crippen MR) is 154 cm³/mol. The summed E-state index contributed by atoms with van der Waals surface area (Å²) in [5.41, 5.74) is 2.53. The number of nitrogens with zero attached hydrogens (tertiary/aromatic N) is 8. The molecule has 202 valence electrons. The molecule has 4 heterocycles. The molecule has 0 unspecified atom stereocenters. The van der Waals surface area contributed by atoms with Gasteiger partial charge < -0.3 is 15.5 Å². The van der Waals surface area contributed by atoms with Crippen molar-refractivity contribution in [3.63, 3.8) is 0 Å². The SMILES string of the molecule is C=CC(=O)NCCN1CCN(c2cc(Nc3ncc(-c4cn(-c5c(C)cccc5Cl)nn4)s3)nc(C)n2)CC1. The van der Waals surface area contributed by atoms with Crippen LogP contribution in [0.1, 0.15) is 11.4 Å². The van der Waals surface area contributed by atoms with E-state index in [1.54, 1.807) is 10.9 Å². The molecule has 0 spiro atoms. The second-order valence-electron chi connectivity index (χ2n) is 9.09. The smallest absolute Gasteiger partial charge is 0.243 e. The van der Waals surface area contributed by atoms with Crippen LogP contribution < -0.4 is 15.5 Å². The third kappa shape index (κ3) is 6.41. The lowest BCUT2D eigenvalue weighted by molar-refractivity contribution is -0.116. The summed E-state index contributed by atoms with van der Waals surface area (Å²) < 4.78 is 1.69. The summed E-state index contributed by atoms with van der Waals surface area (Å²) in [5, 5.41) is 16.1. The van der Waals surface area contributed by atoms with E-state index in [2.05, 4.69) is 52.3 Å². The number of rotatable bonds is 9. The van der Waals surface area contributed by atoms with Crippen molar-refractivity contribution in [2.45, 2.75) is 13.8 Å². The molecular weight excluding hydrogens is 536 g/mol. The van der Waals surface area contributed by atoms with Gasteiger partial charge in [-0.2, -0.15) is 0 Å². The van der Waals surface area contributed by atoms with Gasteiger partial charge in [0.1, 0.15) is 23.2 Å². The van der Waals surface area contributed by atoms with E-state index in [-0.39, 0.29) is 5.91 Å². The number of para-hydroxylation sites is 1. The summed E-state index contributed by atoms with van der Waals surface area (Å²) in [4.78, 5) is 30.5. The number of carbonyl (C=O) groups excluding carboxylic acids is 1. The molecule has 1 aromatic carbocycles. The van der Waals surface area contributed by atoms with E-state index >= 15 is 0 Å². The molecule has 2 N–H and O–H groups in total. The van der Waals surface area contributed by atoms with E-state index in [1.807, 2.05) is 44.3 Å². The molecule has 1 amide bonds. The average Bonchev–Trinajstić information content (AvgIpc) is 3.59. The van der Waals surface area contributed by atoms with Crippen molar-refractivity contribution in [3.05, 3.63) is 65.7 Å². The molecule has 0 bridgehead atoms. The first-order valence-corrected chi connectivity index (χ1v) is 13.7. The highest BCUT2D eigenvalue weighted by molar-refractivity contribution is 7.18. The Morgan fingerprint density at radius 3 is 2.79 bits per heavy atom. The van der Waals surface area contributed by atoms with Crippen molar-refractivity contribution >= 4 is 45.6 Å². The Bertz CT molecular complexity index is 1460. The number of nitrogens with one attached hydrogen (secondary N) is 2. The maximum atomic E-state index is 11.3. The van der Waals surface area contributed by atoms with Gasteiger partial charge in [0.15, 0.2) is 5.13 Å². The Morgan fingerprint density at radius 1 is 1.21 bits per heavy atom. The third-order valence-electron chi connectivity index (χ3n) is 6.34. The van der Waals surface area contributed by atoms with Crippen LogP contribution >= 0.6 is 22.9 Å². The van der Waals surface area contributed by atoms with Crippen LogP contribution in [0.15, 0.2) is 49.3 Å². The molecule has 1 saturated heterocycles. The van der Waals surface area contributed by atoms with E-state index in [0.29, 0.717) is 34.0 Å². The number of aryl methyl sites for hydroxylation is 2. The highest BCUT2D eigenvalue weighted by Crippen LogP contribution is 2.31. The van der Waals surface area contributed by atoms with Gasteiger partial charge in [-0.05, 0) is 31.6 Å². The van der Waals surface area contributed by atoms with Crippen LogP contribution in [0.5, 0.6) is 0 Å². The molecule has 11 nitrogen and oxygen atoms in total. The molecule has 1 aliphatic rings. The van der Waals surface area contributed by atoms with Gasteiger partial charge in [0.05, 0.1) is 21.8 Å². The monoisotopic (exact) mass is 564 g/mol. The van der Waals surface area contributed by atoms with Crippen LogP contribution in [0, 0.1) is 13.8 Å². The Hall–Kier alpha value is -3.87. The first-order chi connectivity index (χ1) is 18.9. The number of carbonyl (C=O) groups is 1. The fourth-order valence-corrected chi connectivity index (χ4v) is 5.43. The van der Waals surface area contributed by atoms with Crippen LogP contribution in [0.2, 0.25) is 5.02 Å². The molecule has 0 saturated carbocycles. The quantitative estimate of drug-likeness (QED) is 0.294. The minimum atomic E-state index is -0.143. The van der Waals surface area contributed by atoms with Gasteiger partial charge in [0.25, 0.3) is 0 Å². The highest BCUT2D eigenvalue weighted by atomic mass is 35.5. The second-order valence-corrected chi connectivity index (χ2v) is 10.5. The Balaban J connectivity index is 1.22. The minimum Gasteiger partial charge on any atom is -0.354 e. The Labute approximate surface area is 235 Å². The molecule has 3 aromatic heterocycles. The van der Waals surface area contributed by atoms with Crippen molar-refractivity contribution in [3.8, 4) is 16.3 Å². The summed E-state index contributed by atoms with van der Waals surface area (Å²) in [7, 11) is 0. The maximum absolute atomic E-state index is 11.3. The zero-order valence-corrected chi connectivity index (χ0v) is 23.3. The fraction of sp³-hybridized carbons (Fsp3) is 0.308. The van der Waals surface area contributed by atoms with Crippen LogP contribution in [-0.4, -0.2) is 80.0 Å². The third-order valence-corrected chi connectivity index (χ3v) is 7.58. The number of hydrogen-bond donors (Lipinski definition) is 2. The lowest BCUT2D eigenvalue weighted by Gasteiger charge is -2.35. The average molecular weight is 565 g/mol. The Morgan fingerprint density at radius 2 is 2.03 bits per heavy atom. The Kier molecular flexibility index (Phi) is 8.15. The van der Waals surface area contributed by atoms with E-state index in [4.69, 9.17) is 11.6 Å². The molecule has 1 fully saturated rings. The largest absolute Gasteiger partial charge is 0.354 e. The number of anilines is 3. The van der Waals surface area contributed by atoms with Gasteiger partial charge in [0.2, 0.25) is 5.91 Å².